The molecule has 6 heteroatoms. The summed E-state index contributed by atoms with van der Waals surface area (Å²) in [4.78, 5) is 4.10. The van der Waals surface area contributed by atoms with Crippen LogP contribution >= 0.6 is 0 Å². The Kier molecular flexibility index (Phi) is 3.76. The van der Waals surface area contributed by atoms with Crippen LogP contribution in [0.5, 0.6) is 0 Å². The quantitative estimate of drug-likeness (QED) is 0.841. The second-order valence-corrected chi connectivity index (χ2v) is 4.44. The van der Waals surface area contributed by atoms with Gasteiger partial charge in [0.1, 0.15) is 12.2 Å². The number of nitrogens with one attached hydrogen (secondary N) is 2. The Morgan fingerprint density at radius 1 is 1.44 bits per heavy atom. The van der Waals surface area contributed by atoms with E-state index in [-0.39, 0.29) is 6.04 Å². The second-order valence-electron chi connectivity index (χ2n) is 4.44. The summed E-state index contributed by atoms with van der Waals surface area (Å²) in [5.41, 5.74) is 3.59. The van der Waals surface area contributed by atoms with Crippen LogP contribution in [0.25, 0.3) is 0 Å². The lowest BCUT2D eigenvalue weighted by atomic mass is 10.1. The van der Waals surface area contributed by atoms with Gasteiger partial charge in [-0.2, -0.15) is 10.2 Å². The first-order valence-electron chi connectivity index (χ1n) is 6.25. The summed E-state index contributed by atoms with van der Waals surface area (Å²) >= 11 is 0. The predicted molar refractivity (Wildman–Crippen MR) is 69.0 cm³/mol. The number of hydrogen-bond acceptors (Lipinski definition) is 4. The van der Waals surface area contributed by atoms with Crippen LogP contribution in [0.3, 0.4) is 0 Å². The number of aromatic amines is 1. The van der Waals surface area contributed by atoms with Gasteiger partial charge >= 0.3 is 0 Å². The summed E-state index contributed by atoms with van der Waals surface area (Å²) in [5, 5.41) is 14.6. The van der Waals surface area contributed by atoms with E-state index in [0.29, 0.717) is 6.54 Å². The first-order valence-corrected chi connectivity index (χ1v) is 6.25. The van der Waals surface area contributed by atoms with Gasteiger partial charge < -0.3 is 5.32 Å². The number of aryl methyl sites for hydroxylation is 2. The van der Waals surface area contributed by atoms with Crippen molar-refractivity contribution in [2.24, 2.45) is 0 Å². The Hall–Kier alpha value is -1.69. The van der Waals surface area contributed by atoms with Crippen molar-refractivity contribution in [2.45, 2.75) is 46.8 Å². The monoisotopic (exact) mass is 248 g/mol. The molecule has 0 aliphatic rings. The third-order valence-corrected chi connectivity index (χ3v) is 3.21. The predicted octanol–water partition coefficient (Wildman–Crippen LogP) is 1.49. The molecule has 0 fully saturated rings. The third-order valence-electron chi connectivity index (χ3n) is 3.21. The second kappa shape index (κ2) is 5.30. The Balaban J connectivity index is 2.08. The van der Waals surface area contributed by atoms with Crippen molar-refractivity contribution < 1.29 is 0 Å². The van der Waals surface area contributed by atoms with Crippen LogP contribution in [-0.2, 0) is 13.1 Å². The molecule has 2 rings (SSSR count). The largest absolute Gasteiger partial charge is 0.303 e. The summed E-state index contributed by atoms with van der Waals surface area (Å²) in [7, 11) is 0. The van der Waals surface area contributed by atoms with Crippen LogP contribution in [0, 0.1) is 13.8 Å². The maximum atomic E-state index is 4.54. The summed E-state index contributed by atoms with van der Waals surface area (Å²) < 4.78 is 2.04. The van der Waals surface area contributed by atoms with Crippen molar-refractivity contribution in [3.8, 4) is 0 Å². The van der Waals surface area contributed by atoms with E-state index in [1.165, 1.54) is 17.6 Å². The summed E-state index contributed by atoms with van der Waals surface area (Å²) in [5.74, 6) is 0.847. The van der Waals surface area contributed by atoms with Crippen LogP contribution in [0.15, 0.2) is 6.33 Å². The fourth-order valence-electron chi connectivity index (χ4n) is 2.31. The first kappa shape index (κ1) is 12.8. The maximum absolute atomic E-state index is 4.54. The number of rotatable bonds is 5. The van der Waals surface area contributed by atoms with Crippen molar-refractivity contribution in [1.29, 1.82) is 0 Å². The smallest absolute Gasteiger partial charge is 0.138 e. The topological polar surface area (TPSA) is 71.4 Å². The van der Waals surface area contributed by atoms with Gasteiger partial charge in [0.15, 0.2) is 0 Å². The van der Waals surface area contributed by atoms with Gasteiger partial charge in [0.25, 0.3) is 0 Å². The molecule has 0 spiro atoms. The van der Waals surface area contributed by atoms with Crippen LogP contribution < -0.4 is 5.32 Å². The molecule has 2 aromatic heterocycles. The van der Waals surface area contributed by atoms with Gasteiger partial charge in [0.2, 0.25) is 0 Å². The highest BCUT2D eigenvalue weighted by Crippen LogP contribution is 2.21. The zero-order valence-electron chi connectivity index (χ0n) is 11.4. The average molecular weight is 248 g/mol. The van der Waals surface area contributed by atoms with E-state index >= 15 is 0 Å². The fraction of sp³-hybridized carbons (Fsp3) is 0.583. The van der Waals surface area contributed by atoms with E-state index < -0.39 is 0 Å². The highest BCUT2D eigenvalue weighted by atomic mass is 15.3. The molecule has 6 nitrogen and oxygen atoms in total. The van der Waals surface area contributed by atoms with Crippen molar-refractivity contribution in [3.63, 3.8) is 0 Å². The van der Waals surface area contributed by atoms with Crippen LogP contribution in [0.1, 0.15) is 42.7 Å². The van der Waals surface area contributed by atoms with Gasteiger partial charge in [0.05, 0.1) is 12.2 Å². The van der Waals surface area contributed by atoms with Crippen molar-refractivity contribution >= 4 is 0 Å². The lowest BCUT2D eigenvalue weighted by Crippen LogP contribution is -2.20. The molecule has 18 heavy (non-hydrogen) atoms. The third kappa shape index (κ3) is 2.43. The number of nitrogens with zero attached hydrogens (tertiary/aromatic N) is 4. The van der Waals surface area contributed by atoms with Crippen molar-refractivity contribution in [1.82, 2.24) is 30.3 Å². The molecular weight excluding hydrogens is 228 g/mol. The van der Waals surface area contributed by atoms with E-state index in [1.807, 2.05) is 4.68 Å². The number of hydrogen-bond donors (Lipinski definition) is 2. The lowest BCUT2D eigenvalue weighted by Gasteiger charge is -2.13. The Morgan fingerprint density at radius 2 is 2.22 bits per heavy atom. The molecule has 2 aromatic rings. The summed E-state index contributed by atoms with van der Waals surface area (Å²) in [6, 6.07) is 0.246. The molecule has 98 valence electrons. The van der Waals surface area contributed by atoms with Gasteiger partial charge in [-0.15, -0.1) is 0 Å². The molecule has 0 bridgehead atoms. The van der Waals surface area contributed by atoms with Crippen LogP contribution in [0.2, 0.25) is 0 Å². The first-order chi connectivity index (χ1) is 8.63. The molecule has 1 atom stereocenters. The lowest BCUT2D eigenvalue weighted by molar-refractivity contribution is 0.553. The summed E-state index contributed by atoms with van der Waals surface area (Å²) in [6.45, 7) is 10.0. The minimum Gasteiger partial charge on any atom is -0.303 e. The van der Waals surface area contributed by atoms with E-state index in [9.17, 15) is 0 Å². The zero-order valence-corrected chi connectivity index (χ0v) is 11.4. The Labute approximate surface area is 107 Å². The minimum absolute atomic E-state index is 0.246. The van der Waals surface area contributed by atoms with Crippen LogP contribution in [-0.4, -0.2) is 25.0 Å². The van der Waals surface area contributed by atoms with E-state index in [4.69, 9.17) is 0 Å². The molecule has 0 amide bonds. The van der Waals surface area contributed by atoms with Gasteiger partial charge in [0, 0.05) is 23.8 Å². The van der Waals surface area contributed by atoms with Crippen molar-refractivity contribution in [3.05, 3.63) is 29.1 Å². The molecule has 2 heterocycles. The van der Waals surface area contributed by atoms with Gasteiger partial charge in [-0.25, -0.2) is 4.98 Å². The van der Waals surface area contributed by atoms with Gasteiger partial charge in [-0.1, -0.05) is 0 Å². The van der Waals surface area contributed by atoms with Gasteiger partial charge in [-0.05, 0) is 27.7 Å². The van der Waals surface area contributed by atoms with Crippen molar-refractivity contribution in [2.75, 3.05) is 0 Å². The molecule has 0 radical (unpaired) electrons. The normalized spacial score (nSPS) is 12.9. The Bertz CT molecular complexity index is 499. The zero-order chi connectivity index (χ0) is 13.1. The fourth-order valence-corrected chi connectivity index (χ4v) is 2.31. The molecule has 1 unspecified atom stereocenters. The molecule has 0 aromatic carbocycles. The highest BCUT2D eigenvalue weighted by molar-refractivity contribution is 5.27. The van der Waals surface area contributed by atoms with E-state index in [0.717, 1.165) is 18.1 Å². The Morgan fingerprint density at radius 3 is 2.78 bits per heavy atom. The highest BCUT2D eigenvalue weighted by Gasteiger charge is 2.16. The molecule has 0 aliphatic carbocycles. The SMILES string of the molecule is CCn1nc(C)c(C(C)NCc2ncn[nH]2)c1C. The molecule has 0 aliphatic heterocycles. The number of H-pyrrole nitrogens is 1. The average Bonchev–Trinajstić information content (AvgIpc) is 2.94. The molecule has 2 N–H and O–H groups in total. The van der Waals surface area contributed by atoms with Crippen LogP contribution in [0.4, 0.5) is 0 Å². The van der Waals surface area contributed by atoms with E-state index in [1.54, 1.807) is 0 Å². The van der Waals surface area contributed by atoms with Gasteiger partial charge in [-0.3, -0.25) is 9.78 Å². The number of aromatic nitrogens is 5. The molecular formula is C12H20N6. The molecule has 0 saturated heterocycles. The summed E-state index contributed by atoms with van der Waals surface area (Å²) in [6.07, 6.45) is 1.52. The van der Waals surface area contributed by atoms with E-state index in [2.05, 4.69) is 53.3 Å². The minimum atomic E-state index is 0.246. The molecule has 0 saturated carbocycles. The maximum Gasteiger partial charge on any atom is 0.138 e. The standard InChI is InChI=1S/C12H20N6/c1-5-18-10(4)12(9(3)17-18)8(2)13-6-11-14-7-15-16-11/h7-8,13H,5-6H2,1-4H3,(H,14,15,16).